The number of pyridine rings is 1. The minimum Gasteiger partial charge on any atom is -0.493 e. The van der Waals surface area contributed by atoms with Crippen LogP contribution < -0.4 is 14.8 Å². The molecule has 0 saturated carbocycles. The van der Waals surface area contributed by atoms with E-state index in [9.17, 15) is 4.79 Å². The largest absolute Gasteiger partial charge is 0.493 e. The molecule has 1 heterocycles. The van der Waals surface area contributed by atoms with Gasteiger partial charge in [-0.05, 0) is 58.4 Å². The molecule has 2 aromatic carbocycles. The second kappa shape index (κ2) is 8.21. The Hall–Kier alpha value is -2.57. The summed E-state index contributed by atoms with van der Waals surface area (Å²) in [5.41, 5.74) is 0.897. The molecule has 0 radical (unpaired) electrons. The minimum atomic E-state index is -0.345. The van der Waals surface area contributed by atoms with E-state index in [1.807, 2.05) is 24.3 Å². The SMILES string of the molecule is COc1ccccc1Oc1ccc(NC(=O)c2cc(Br)cnc2Cl)cc1. The first-order valence-corrected chi connectivity index (χ1v) is 8.77. The number of ether oxygens (including phenoxy) is 2. The topological polar surface area (TPSA) is 60.5 Å². The first-order valence-electron chi connectivity index (χ1n) is 7.60. The van der Waals surface area contributed by atoms with Crippen LogP contribution in [0.1, 0.15) is 10.4 Å². The van der Waals surface area contributed by atoms with E-state index in [4.69, 9.17) is 21.1 Å². The zero-order chi connectivity index (χ0) is 18.5. The number of rotatable bonds is 5. The lowest BCUT2D eigenvalue weighted by molar-refractivity contribution is 0.102. The fraction of sp³-hybridized carbons (Fsp3) is 0.0526. The number of hydrogen-bond donors (Lipinski definition) is 1. The predicted molar refractivity (Wildman–Crippen MR) is 104 cm³/mol. The Balaban J connectivity index is 1.71. The van der Waals surface area contributed by atoms with Crippen LogP contribution in [0.2, 0.25) is 5.15 Å². The summed E-state index contributed by atoms with van der Waals surface area (Å²) in [6.45, 7) is 0. The molecule has 1 aromatic heterocycles. The number of anilines is 1. The maximum Gasteiger partial charge on any atom is 0.258 e. The van der Waals surface area contributed by atoms with Gasteiger partial charge in [0.25, 0.3) is 5.91 Å². The summed E-state index contributed by atoms with van der Waals surface area (Å²) < 4.78 is 11.7. The Bertz CT molecular complexity index is 932. The summed E-state index contributed by atoms with van der Waals surface area (Å²) in [5, 5.41) is 2.92. The number of para-hydroxylation sites is 2. The average molecular weight is 434 g/mol. The van der Waals surface area contributed by atoms with E-state index in [-0.39, 0.29) is 16.6 Å². The van der Waals surface area contributed by atoms with Crippen LogP contribution in [-0.2, 0) is 0 Å². The van der Waals surface area contributed by atoms with Crippen molar-refractivity contribution >= 4 is 39.1 Å². The van der Waals surface area contributed by atoms with E-state index in [0.717, 1.165) is 0 Å². The van der Waals surface area contributed by atoms with Crippen LogP contribution in [0.4, 0.5) is 5.69 Å². The molecule has 3 aromatic rings. The quantitative estimate of drug-likeness (QED) is 0.536. The van der Waals surface area contributed by atoms with Gasteiger partial charge in [-0.25, -0.2) is 4.98 Å². The monoisotopic (exact) mass is 432 g/mol. The molecule has 0 aliphatic carbocycles. The fourth-order valence-electron chi connectivity index (χ4n) is 2.22. The van der Waals surface area contributed by atoms with Gasteiger partial charge in [0, 0.05) is 16.4 Å². The molecule has 0 aliphatic rings. The lowest BCUT2D eigenvalue weighted by atomic mass is 10.2. The van der Waals surface area contributed by atoms with Crippen LogP contribution >= 0.6 is 27.5 Å². The van der Waals surface area contributed by atoms with E-state index >= 15 is 0 Å². The van der Waals surface area contributed by atoms with E-state index in [0.29, 0.717) is 27.4 Å². The van der Waals surface area contributed by atoms with E-state index in [1.165, 1.54) is 6.20 Å². The summed E-state index contributed by atoms with van der Waals surface area (Å²) in [6.07, 6.45) is 1.53. The molecule has 0 aliphatic heterocycles. The van der Waals surface area contributed by atoms with Gasteiger partial charge < -0.3 is 14.8 Å². The number of carbonyl (C=O) groups excluding carboxylic acids is 1. The van der Waals surface area contributed by atoms with Crippen LogP contribution in [0, 0.1) is 0 Å². The van der Waals surface area contributed by atoms with Gasteiger partial charge in [0.1, 0.15) is 10.9 Å². The zero-order valence-electron chi connectivity index (χ0n) is 13.7. The zero-order valence-corrected chi connectivity index (χ0v) is 16.0. The number of halogens is 2. The third-order valence-corrected chi connectivity index (χ3v) is 4.19. The Morgan fingerprint density at radius 2 is 1.81 bits per heavy atom. The molecule has 0 fully saturated rings. The number of hydrogen-bond acceptors (Lipinski definition) is 4. The smallest absolute Gasteiger partial charge is 0.258 e. The predicted octanol–water partition coefficient (Wildman–Crippen LogP) is 5.55. The number of methoxy groups -OCH3 is 1. The Labute approximate surface area is 164 Å². The van der Waals surface area contributed by atoms with Gasteiger partial charge in [0.15, 0.2) is 11.5 Å². The molecule has 0 atom stereocenters. The molecule has 0 unspecified atom stereocenters. The molecule has 7 heteroatoms. The van der Waals surface area contributed by atoms with Crippen molar-refractivity contribution in [1.29, 1.82) is 0 Å². The molecule has 3 rings (SSSR count). The summed E-state index contributed by atoms with van der Waals surface area (Å²) in [4.78, 5) is 16.3. The second-order valence-corrected chi connectivity index (χ2v) is 6.50. The summed E-state index contributed by atoms with van der Waals surface area (Å²) >= 11 is 9.25. The van der Waals surface area contributed by atoms with Gasteiger partial charge in [-0.15, -0.1) is 0 Å². The Kier molecular flexibility index (Phi) is 5.75. The van der Waals surface area contributed by atoms with Gasteiger partial charge in [-0.1, -0.05) is 23.7 Å². The number of benzene rings is 2. The first kappa shape index (κ1) is 18.2. The molecular weight excluding hydrogens is 420 g/mol. The van der Waals surface area contributed by atoms with Crippen LogP contribution in [0.15, 0.2) is 65.3 Å². The summed E-state index contributed by atoms with van der Waals surface area (Å²) in [7, 11) is 1.59. The van der Waals surface area contributed by atoms with Gasteiger partial charge in [0.05, 0.1) is 12.7 Å². The second-order valence-electron chi connectivity index (χ2n) is 5.22. The summed E-state index contributed by atoms with van der Waals surface area (Å²) in [6, 6.07) is 16.0. The third kappa shape index (κ3) is 4.33. The first-order chi connectivity index (χ1) is 12.6. The van der Waals surface area contributed by atoms with Crippen LogP contribution in [-0.4, -0.2) is 18.0 Å². The minimum absolute atomic E-state index is 0.141. The standard InChI is InChI=1S/C19H14BrClN2O3/c1-25-16-4-2-3-5-17(16)26-14-8-6-13(7-9-14)23-19(24)15-10-12(20)11-22-18(15)21/h2-11H,1H3,(H,23,24). The highest BCUT2D eigenvalue weighted by molar-refractivity contribution is 9.10. The lowest BCUT2D eigenvalue weighted by Gasteiger charge is -2.11. The number of aromatic nitrogens is 1. The number of carbonyl (C=O) groups is 1. The van der Waals surface area contributed by atoms with Crippen molar-refractivity contribution in [1.82, 2.24) is 4.98 Å². The van der Waals surface area contributed by atoms with Crippen molar-refractivity contribution in [2.24, 2.45) is 0 Å². The number of nitrogens with one attached hydrogen (secondary N) is 1. The highest BCUT2D eigenvalue weighted by Crippen LogP contribution is 2.31. The van der Waals surface area contributed by atoms with Crippen LogP contribution in [0.5, 0.6) is 17.2 Å². The Morgan fingerprint density at radius 1 is 1.12 bits per heavy atom. The summed E-state index contributed by atoms with van der Waals surface area (Å²) in [5.74, 6) is 1.53. The molecule has 132 valence electrons. The molecule has 1 amide bonds. The van der Waals surface area contributed by atoms with Crippen molar-refractivity contribution in [3.05, 3.63) is 76.0 Å². The van der Waals surface area contributed by atoms with E-state index in [2.05, 4.69) is 26.2 Å². The van der Waals surface area contributed by atoms with Gasteiger partial charge in [0.2, 0.25) is 0 Å². The third-order valence-electron chi connectivity index (χ3n) is 3.46. The van der Waals surface area contributed by atoms with E-state index in [1.54, 1.807) is 37.4 Å². The Morgan fingerprint density at radius 3 is 2.50 bits per heavy atom. The molecule has 5 nitrogen and oxygen atoms in total. The average Bonchev–Trinajstić information content (AvgIpc) is 2.65. The van der Waals surface area contributed by atoms with Crippen molar-refractivity contribution in [2.45, 2.75) is 0 Å². The van der Waals surface area contributed by atoms with E-state index < -0.39 is 0 Å². The fourth-order valence-corrected chi connectivity index (χ4v) is 2.74. The number of nitrogens with zero attached hydrogens (tertiary/aromatic N) is 1. The molecule has 1 N–H and O–H groups in total. The maximum atomic E-state index is 12.3. The molecule has 26 heavy (non-hydrogen) atoms. The maximum absolute atomic E-state index is 12.3. The van der Waals surface area contributed by atoms with Crippen molar-refractivity contribution in [3.63, 3.8) is 0 Å². The van der Waals surface area contributed by atoms with Crippen molar-refractivity contribution in [2.75, 3.05) is 12.4 Å². The molecule has 0 bridgehead atoms. The lowest BCUT2D eigenvalue weighted by Crippen LogP contribution is -2.13. The highest BCUT2D eigenvalue weighted by Gasteiger charge is 2.12. The van der Waals surface area contributed by atoms with Gasteiger partial charge in [-0.2, -0.15) is 0 Å². The van der Waals surface area contributed by atoms with Gasteiger partial charge >= 0.3 is 0 Å². The molecule has 0 spiro atoms. The van der Waals surface area contributed by atoms with Gasteiger partial charge in [-0.3, -0.25) is 4.79 Å². The van der Waals surface area contributed by atoms with Crippen LogP contribution in [0.25, 0.3) is 0 Å². The highest BCUT2D eigenvalue weighted by atomic mass is 79.9. The number of amides is 1. The van der Waals surface area contributed by atoms with Crippen LogP contribution in [0.3, 0.4) is 0 Å². The van der Waals surface area contributed by atoms with Crippen molar-refractivity contribution in [3.8, 4) is 17.2 Å². The molecular formula is C19H14BrClN2O3. The molecule has 0 saturated heterocycles. The normalized spacial score (nSPS) is 10.3. The van der Waals surface area contributed by atoms with Crippen molar-refractivity contribution < 1.29 is 14.3 Å².